The van der Waals surface area contributed by atoms with E-state index in [4.69, 9.17) is 5.73 Å². The molecule has 2 rings (SSSR count). The first-order chi connectivity index (χ1) is 9.95. The van der Waals surface area contributed by atoms with Crippen LogP contribution in [0.4, 0.5) is 5.69 Å². The fourth-order valence-electron chi connectivity index (χ4n) is 3.37. The van der Waals surface area contributed by atoms with E-state index in [1.54, 1.807) is 0 Å². The molecule has 0 saturated heterocycles. The molecule has 116 valence electrons. The van der Waals surface area contributed by atoms with Crippen LogP contribution in [0.25, 0.3) is 0 Å². The number of carbonyl (C=O) groups excluding carboxylic acids is 1. The fraction of sp³-hybridized carbons (Fsp3) is 0.611. The molecule has 3 heteroatoms. The number of amides is 1. The molecule has 1 saturated carbocycles. The van der Waals surface area contributed by atoms with Crippen LogP contribution in [0.3, 0.4) is 0 Å². The summed E-state index contributed by atoms with van der Waals surface area (Å²) in [6.07, 6.45) is 4.11. The molecule has 4 atom stereocenters. The van der Waals surface area contributed by atoms with Gasteiger partial charge in [0.1, 0.15) is 0 Å². The molecule has 0 bridgehead atoms. The number of benzene rings is 1. The summed E-state index contributed by atoms with van der Waals surface area (Å²) in [4.78, 5) is 12.3. The van der Waals surface area contributed by atoms with E-state index < -0.39 is 0 Å². The van der Waals surface area contributed by atoms with Gasteiger partial charge in [0.2, 0.25) is 5.91 Å². The summed E-state index contributed by atoms with van der Waals surface area (Å²) in [5, 5.41) is 3.24. The highest BCUT2D eigenvalue weighted by Crippen LogP contribution is 2.29. The normalized spacial score (nSPS) is 27.1. The van der Waals surface area contributed by atoms with Crippen LogP contribution < -0.4 is 11.1 Å². The third-order valence-corrected chi connectivity index (χ3v) is 4.77. The van der Waals surface area contributed by atoms with Gasteiger partial charge in [-0.2, -0.15) is 0 Å². The van der Waals surface area contributed by atoms with Crippen molar-refractivity contribution in [2.75, 3.05) is 5.73 Å². The van der Waals surface area contributed by atoms with Crippen molar-refractivity contribution < 1.29 is 4.79 Å². The molecule has 0 aromatic heterocycles. The molecule has 0 spiro atoms. The second kappa shape index (κ2) is 6.97. The average molecular weight is 288 g/mol. The maximum Gasteiger partial charge on any atom is 0.220 e. The standard InChI is InChI=1S/C18H28N2O/c1-12-4-9-17(14(3)10-12)20-18(21)11-13(2)15-5-7-16(19)8-6-15/h5-8,12-14,17H,4,9-11,19H2,1-3H3,(H,20,21). The van der Waals surface area contributed by atoms with Crippen LogP contribution in [0.1, 0.15) is 57.9 Å². The van der Waals surface area contributed by atoms with Gasteiger partial charge in [-0.3, -0.25) is 4.79 Å². The monoisotopic (exact) mass is 288 g/mol. The third kappa shape index (κ3) is 4.48. The topological polar surface area (TPSA) is 55.1 Å². The number of hydrogen-bond donors (Lipinski definition) is 2. The van der Waals surface area contributed by atoms with Gasteiger partial charge in [-0.05, 0) is 54.7 Å². The van der Waals surface area contributed by atoms with Crippen LogP contribution >= 0.6 is 0 Å². The molecule has 1 aromatic rings. The zero-order valence-electron chi connectivity index (χ0n) is 13.4. The zero-order chi connectivity index (χ0) is 15.4. The van der Waals surface area contributed by atoms with E-state index in [0.29, 0.717) is 18.4 Å². The number of anilines is 1. The quantitative estimate of drug-likeness (QED) is 0.830. The highest BCUT2D eigenvalue weighted by atomic mass is 16.1. The van der Waals surface area contributed by atoms with Crippen LogP contribution in [-0.2, 0) is 4.79 Å². The minimum absolute atomic E-state index is 0.172. The van der Waals surface area contributed by atoms with E-state index in [1.165, 1.54) is 18.4 Å². The van der Waals surface area contributed by atoms with Crippen LogP contribution in [0.15, 0.2) is 24.3 Å². The molecule has 1 aliphatic carbocycles. The van der Waals surface area contributed by atoms with Gasteiger partial charge >= 0.3 is 0 Å². The number of nitrogens with one attached hydrogen (secondary N) is 1. The number of nitrogen functional groups attached to an aromatic ring is 1. The number of carbonyl (C=O) groups is 1. The average Bonchev–Trinajstić information content (AvgIpc) is 2.42. The van der Waals surface area contributed by atoms with Gasteiger partial charge in [0.05, 0.1) is 0 Å². The van der Waals surface area contributed by atoms with Gasteiger partial charge in [0.15, 0.2) is 0 Å². The van der Waals surface area contributed by atoms with Gasteiger partial charge in [-0.1, -0.05) is 32.9 Å². The molecule has 0 aliphatic heterocycles. The molecule has 0 heterocycles. The van der Waals surface area contributed by atoms with E-state index in [-0.39, 0.29) is 11.8 Å². The van der Waals surface area contributed by atoms with Gasteiger partial charge in [0, 0.05) is 18.2 Å². The molecule has 3 N–H and O–H groups in total. The third-order valence-electron chi connectivity index (χ3n) is 4.77. The predicted octanol–water partition coefficient (Wildman–Crippen LogP) is 3.70. The summed E-state index contributed by atoms with van der Waals surface area (Å²) in [5.74, 6) is 1.78. The van der Waals surface area contributed by atoms with E-state index >= 15 is 0 Å². The Balaban J connectivity index is 1.85. The SMILES string of the molecule is CC1CCC(NC(=O)CC(C)c2ccc(N)cc2)C(C)C1. The Morgan fingerprint density at radius 1 is 1.29 bits per heavy atom. The Bertz CT molecular complexity index is 469. The maximum absolute atomic E-state index is 12.3. The molecule has 21 heavy (non-hydrogen) atoms. The van der Waals surface area contributed by atoms with Crippen LogP contribution in [0.2, 0.25) is 0 Å². The summed E-state index contributed by atoms with van der Waals surface area (Å²) in [5.41, 5.74) is 7.63. The lowest BCUT2D eigenvalue weighted by atomic mass is 9.80. The Labute approximate surface area is 128 Å². The summed E-state index contributed by atoms with van der Waals surface area (Å²) in [6, 6.07) is 8.17. The van der Waals surface area contributed by atoms with E-state index in [1.807, 2.05) is 24.3 Å². The molecular weight excluding hydrogens is 260 g/mol. The van der Waals surface area contributed by atoms with Crippen molar-refractivity contribution in [3.8, 4) is 0 Å². The maximum atomic E-state index is 12.3. The first kappa shape index (κ1) is 15.9. The van der Waals surface area contributed by atoms with Gasteiger partial charge < -0.3 is 11.1 Å². The van der Waals surface area contributed by atoms with Crippen molar-refractivity contribution in [2.45, 2.75) is 58.4 Å². The van der Waals surface area contributed by atoms with Crippen molar-refractivity contribution in [3.63, 3.8) is 0 Å². The summed E-state index contributed by atoms with van der Waals surface area (Å²) in [7, 11) is 0. The molecule has 0 radical (unpaired) electrons. The number of rotatable bonds is 4. The molecule has 1 aromatic carbocycles. The molecular formula is C18H28N2O. The fourth-order valence-corrected chi connectivity index (χ4v) is 3.37. The first-order valence-corrected chi connectivity index (χ1v) is 8.10. The second-order valence-electron chi connectivity index (χ2n) is 6.84. The Morgan fingerprint density at radius 2 is 1.95 bits per heavy atom. The minimum Gasteiger partial charge on any atom is -0.399 e. The van der Waals surface area contributed by atoms with Crippen LogP contribution in [0.5, 0.6) is 0 Å². The predicted molar refractivity (Wildman–Crippen MR) is 88.0 cm³/mol. The summed E-state index contributed by atoms with van der Waals surface area (Å²) >= 11 is 0. The Kier molecular flexibility index (Phi) is 5.27. The highest BCUT2D eigenvalue weighted by molar-refractivity contribution is 5.77. The Hall–Kier alpha value is -1.51. The molecule has 1 amide bonds. The number of hydrogen-bond acceptors (Lipinski definition) is 2. The zero-order valence-corrected chi connectivity index (χ0v) is 13.4. The summed E-state index contributed by atoms with van der Waals surface area (Å²) in [6.45, 7) is 6.65. The van der Waals surface area contributed by atoms with Crippen LogP contribution in [-0.4, -0.2) is 11.9 Å². The van der Waals surface area contributed by atoms with Crippen molar-refractivity contribution in [2.24, 2.45) is 11.8 Å². The van der Waals surface area contributed by atoms with Gasteiger partial charge in [-0.25, -0.2) is 0 Å². The Morgan fingerprint density at radius 3 is 2.57 bits per heavy atom. The van der Waals surface area contributed by atoms with E-state index in [9.17, 15) is 4.79 Å². The largest absolute Gasteiger partial charge is 0.399 e. The lowest BCUT2D eigenvalue weighted by Crippen LogP contribution is -2.42. The van der Waals surface area contributed by atoms with Crippen molar-refractivity contribution >= 4 is 11.6 Å². The lowest BCUT2D eigenvalue weighted by Gasteiger charge is -2.33. The smallest absolute Gasteiger partial charge is 0.220 e. The molecule has 1 aliphatic rings. The molecule has 4 unspecified atom stereocenters. The van der Waals surface area contributed by atoms with Crippen LogP contribution in [0, 0.1) is 11.8 Å². The van der Waals surface area contributed by atoms with Crippen molar-refractivity contribution in [1.82, 2.24) is 5.32 Å². The lowest BCUT2D eigenvalue weighted by molar-refractivity contribution is -0.122. The van der Waals surface area contributed by atoms with Gasteiger partial charge in [-0.15, -0.1) is 0 Å². The summed E-state index contributed by atoms with van der Waals surface area (Å²) < 4.78 is 0. The van der Waals surface area contributed by atoms with Gasteiger partial charge in [0.25, 0.3) is 0 Å². The highest BCUT2D eigenvalue weighted by Gasteiger charge is 2.26. The second-order valence-corrected chi connectivity index (χ2v) is 6.84. The molecule has 3 nitrogen and oxygen atoms in total. The van der Waals surface area contributed by atoms with E-state index in [0.717, 1.165) is 18.0 Å². The minimum atomic E-state index is 0.172. The van der Waals surface area contributed by atoms with Crippen molar-refractivity contribution in [3.05, 3.63) is 29.8 Å². The molecule has 1 fully saturated rings. The van der Waals surface area contributed by atoms with Crippen molar-refractivity contribution in [1.29, 1.82) is 0 Å². The number of nitrogens with two attached hydrogens (primary N) is 1. The first-order valence-electron chi connectivity index (χ1n) is 8.10. The van der Waals surface area contributed by atoms with E-state index in [2.05, 4.69) is 26.1 Å².